The van der Waals surface area contributed by atoms with Gasteiger partial charge in [-0.25, -0.2) is 14.6 Å². The highest BCUT2D eigenvalue weighted by Crippen LogP contribution is 2.39. The molecule has 1 saturated heterocycles. The van der Waals surface area contributed by atoms with Crippen molar-refractivity contribution in [3.63, 3.8) is 0 Å². The van der Waals surface area contributed by atoms with Gasteiger partial charge in [0.2, 0.25) is 11.8 Å². The van der Waals surface area contributed by atoms with Crippen molar-refractivity contribution in [1.29, 1.82) is 0 Å². The van der Waals surface area contributed by atoms with Crippen molar-refractivity contribution in [2.75, 3.05) is 32.6 Å². The van der Waals surface area contributed by atoms with Crippen LogP contribution in [0.4, 0.5) is 5.82 Å². The second-order valence-corrected chi connectivity index (χ2v) is 9.97. The van der Waals surface area contributed by atoms with Gasteiger partial charge >= 0.3 is 6.01 Å². The number of hydrogen-bond donors (Lipinski definition) is 1. The minimum absolute atomic E-state index is 0.0456. The van der Waals surface area contributed by atoms with Gasteiger partial charge in [-0.15, -0.1) is 5.10 Å². The second kappa shape index (κ2) is 9.24. The highest BCUT2D eigenvalue weighted by atomic mass is 35.5. The number of halogens is 1. The lowest BCUT2D eigenvalue weighted by Gasteiger charge is -2.36. The van der Waals surface area contributed by atoms with E-state index in [-0.39, 0.29) is 11.4 Å². The van der Waals surface area contributed by atoms with E-state index in [0.29, 0.717) is 35.8 Å². The quantitative estimate of drug-likeness (QED) is 0.555. The molecule has 0 radical (unpaired) electrons. The van der Waals surface area contributed by atoms with Crippen molar-refractivity contribution >= 4 is 23.3 Å². The molecule has 1 amide bonds. The summed E-state index contributed by atoms with van der Waals surface area (Å²) in [6, 6.07) is 4.31. The van der Waals surface area contributed by atoms with Crippen LogP contribution in [0.25, 0.3) is 11.4 Å². The van der Waals surface area contributed by atoms with E-state index < -0.39 is 5.92 Å². The highest BCUT2D eigenvalue weighted by Gasteiger charge is 2.43. The third-order valence-electron chi connectivity index (χ3n) is 7.27. The van der Waals surface area contributed by atoms with Crippen LogP contribution in [-0.2, 0) is 18.3 Å². The first-order valence-electron chi connectivity index (χ1n) is 12.0. The summed E-state index contributed by atoms with van der Waals surface area (Å²) in [6.07, 6.45) is 4.16. The molecule has 0 aromatic carbocycles. The van der Waals surface area contributed by atoms with Crippen molar-refractivity contribution < 1.29 is 14.3 Å². The minimum atomic E-state index is -0.397. The summed E-state index contributed by atoms with van der Waals surface area (Å²) in [4.78, 5) is 28.8. The van der Waals surface area contributed by atoms with E-state index in [0.717, 1.165) is 47.5 Å². The van der Waals surface area contributed by atoms with Crippen molar-refractivity contribution in [3.05, 3.63) is 40.2 Å². The molecule has 3 aromatic heterocycles. The van der Waals surface area contributed by atoms with Gasteiger partial charge in [-0.3, -0.25) is 4.79 Å². The largest absolute Gasteiger partial charge is 0.481 e. The number of rotatable bonds is 5. The van der Waals surface area contributed by atoms with Crippen LogP contribution in [0.15, 0.2) is 18.3 Å². The normalized spacial score (nSPS) is 19.7. The fraction of sp³-hybridized carbons (Fsp3) is 0.480. The molecule has 0 unspecified atom stereocenters. The van der Waals surface area contributed by atoms with Gasteiger partial charge in [0.25, 0.3) is 0 Å². The Morgan fingerprint density at radius 2 is 2.03 bits per heavy atom. The Balaban J connectivity index is 1.33. The van der Waals surface area contributed by atoms with E-state index in [9.17, 15) is 4.79 Å². The molecule has 2 aliphatic heterocycles. The van der Waals surface area contributed by atoms with Crippen LogP contribution in [0.3, 0.4) is 0 Å². The molecule has 2 aliphatic rings. The zero-order valence-electron chi connectivity index (χ0n) is 21.1. The van der Waals surface area contributed by atoms with Crippen LogP contribution in [0.1, 0.15) is 42.5 Å². The molecule has 10 nitrogen and oxygen atoms in total. The molecule has 3 aromatic rings. The Hall–Kier alpha value is -3.40. The number of carbonyl (C=O) groups excluding carboxylic acids is 1. The van der Waals surface area contributed by atoms with Crippen LogP contribution < -0.4 is 14.8 Å². The minimum Gasteiger partial charge on any atom is -0.481 e. The van der Waals surface area contributed by atoms with Crippen LogP contribution in [-0.4, -0.2) is 68.4 Å². The van der Waals surface area contributed by atoms with Gasteiger partial charge in [-0.05, 0) is 50.3 Å². The zero-order chi connectivity index (χ0) is 25.6. The first kappa shape index (κ1) is 24.3. The Kier molecular flexibility index (Phi) is 6.23. The van der Waals surface area contributed by atoms with Crippen molar-refractivity contribution in [2.24, 2.45) is 7.05 Å². The number of carbonyl (C=O) groups is 1. The fourth-order valence-electron chi connectivity index (χ4n) is 5.17. The van der Waals surface area contributed by atoms with Gasteiger partial charge < -0.3 is 19.7 Å². The number of ether oxygens (including phenoxy) is 2. The molecule has 0 bridgehead atoms. The van der Waals surface area contributed by atoms with E-state index in [1.807, 2.05) is 18.7 Å². The molecule has 11 heteroatoms. The monoisotopic (exact) mass is 511 g/mol. The third kappa shape index (κ3) is 4.23. The summed E-state index contributed by atoms with van der Waals surface area (Å²) in [6.45, 7) is 5.14. The number of aryl methyl sites for hydroxylation is 3. The van der Waals surface area contributed by atoms with E-state index in [1.54, 1.807) is 32.0 Å². The number of nitrogens with zero attached hydrogens (tertiary/aromatic N) is 6. The van der Waals surface area contributed by atoms with Gasteiger partial charge in [-0.1, -0.05) is 11.6 Å². The van der Waals surface area contributed by atoms with E-state index in [4.69, 9.17) is 26.1 Å². The Labute approximate surface area is 215 Å². The van der Waals surface area contributed by atoms with Gasteiger partial charge in [-0.2, -0.15) is 4.98 Å². The Morgan fingerprint density at radius 3 is 2.75 bits per heavy atom. The predicted molar refractivity (Wildman–Crippen MR) is 136 cm³/mol. The van der Waals surface area contributed by atoms with Crippen LogP contribution >= 0.6 is 11.6 Å². The van der Waals surface area contributed by atoms with Crippen LogP contribution in [0, 0.1) is 6.92 Å². The molecule has 5 heterocycles. The number of hydrogen-bond acceptors (Lipinski definition) is 8. The zero-order valence-corrected chi connectivity index (χ0v) is 21.9. The number of fused-ring (bicyclic) bond motifs is 1. The summed E-state index contributed by atoms with van der Waals surface area (Å²) in [7, 11) is 4.93. The third-order valence-corrected chi connectivity index (χ3v) is 7.58. The number of methoxy groups -OCH3 is 2. The molecule has 2 atom stereocenters. The lowest BCUT2D eigenvalue weighted by Crippen LogP contribution is -2.46. The van der Waals surface area contributed by atoms with Gasteiger partial charge in [0.15, 0.2) is 5.82 Å². The first-order chi connectivity index (χ1) is 17.2. The average Bonchev–Trinajstić information content (AvgIpc) is 3.46. The molecule has 1 spiro atoms. The standard InChI is InChI=1S/C25H30ClN7O3/c1-14(17-11-20(35-4)27-12-19(17)26)23(34)33-9-8-25(13-33)7-6-16-10-18(15(2)28-21(16)30-25)22-29-24(36-5)32(3)31-22/h10-12,14H,6-9,13H2,1-5H3,(H,28,30)/t14-,25-/m1/s1. The van der Waals surface area contributed by atoms with Crippen molar-refractivity contribution in [3.8, 4) is 23.3 Å². The van der Waals surface area contributed by atoms with Crippen LogP contribution in [0.5, 0.6) is 11.9 Å². The van der Waals surface area contributed by atoms with Crippen LogP contribution in [0.2, 0.25) is 5.02 Å². The molecular formula is C25H30ClN7O3. The number of anilines is 1. The molecule has 0 saturated carbocycles. The Morgan fingerprint density at radius 1 is 1.22 bits per heavy atom. The maximum Gasteiger partial charge on any atom is 0.314 e. The number of nitrogens with one attached hydrogen (secondary N) is 1. The van der Waals surface area contributed by atoms with E-state index in [1.165, 1.54) is 6.20 Å². The second-order valence-electron chi connectivity index (χ2n) is 9.56. The average molecular weight is 512 g/mol. The van der Waals surface area contributed by atoms with Crippen molar-refractivity contribution in [2.45, 2.75) is 44.6 Å². The van der Waals surface area contributed by atoms with Gasteiger partial charge in [0.05, 0.1) is 36.4 Å². The van der Waals surface area contributed by atoms with E-state index >= 15 is 0 Å². The number of amides is 1. The van der Waals surface area contributed by atoms with Gasteiger partial charge in [0.1, 0.15) is 5.82 Å². The molecule has 1 fully saturated rings. The van der Waals surface area contributed by atoms with Gasteiger partial charge in [0, 0.05) is 38.0 Å². The maximum atomic E-state index is 13.4. The molecule has 1 N–H and O–H groups in total. The fourth-order valence-corrected chi connectivity index (χ4v) is 5.44. The molecule has 5 rings (SSSR count). The Bertz CT molecular complexity index is 1330. The molecule has 0 aliphatic carbocycles. The van der Waals surface area contributed by atoms with E-state index in [2.05, 4.69) is 26.4 Å². The lowest BCUT2D eigenvalue weighted by atomic mass is 9.86. The topological polar surface area (TPSA) is 107 Å². The highest BCUT2D eigenvalue weighted by molar-refractivity contribution is 6.31. The van der Waals surface area contributed by atoms with Crippen molar-refractivity contribution in [1.82, 2.24) is 29.6 Å². The summed E-state index contributed by atoms with van der Waals surface area (Å²) in [5.41, 5.74) is 3.39. The maximum absolute atomic E-state index is 13.4. The number of aromatic nitrogens is 5. The lowest BCUT2D eigenvalue weighted by molar-refractivity contribution is -0.131. The number of likely N-dealkylation sites (tertiary alicyclic amines) is 1. The molecule has 190 valence electrons. The first-order valence-corrected chi connectivity index (χ1v) is 12.3. The molecule has 36 heavy (non-hydrogen) atoms. The smallest absolute Gasteiger partial charge is 0.314 e. The predicted octanol–water partition coefficient (Wildman–Crippen LogP) is 3.38. The summed E-state index contributed by atoms with van der Waals surface area (Å²) in [5.74, 6) is 1.56. The molecular weight excluding hydrogens is 482 g/mol. The SMILES string of the molecule is COc1cc([C@@H](C)C(=O)N2CC[C@]3(CCc4cc(-c5nc(OC)n(C)n5)c(C)nc4N3)C2)c(Cl)cn1. The summed E-state index contributed by atoms with van der Waals surface area (Å²) >= 11 is 6.36. The summed E-state index contributed by atoms with van der Waals surface area (Å²) < 4.78 is 12.1. The number of pyridine rings is 2. The summed E-state index contributed by atoms with van der Waals surface area (Å²) in [5, 5.41) is 8.62.